The molecule has 1 atom stereocenters. The van der Waals surface area contributed by atoms with Gasteiger partial charge < -0.3 is 14.2 Å². The number of unbranched alkanes of at least 4 members (excludes halogenated alkanes) is 32. The fourth-order valence-corrected chi connectivity index (χ4v) is 7.99. The van der Waals surface area contributed by atoms with Crippen molar-refractivity contribution in [2.45, 2.75) is 298 Å². The Hall–Kier alpha value is -1.59. The van der Waals surface area contributed by atoms with Crippen LogP contribution < -0.4 is 0 Å². The number of hydrogen-bond acceptors (Lipinski definition) is 6. The summed E-state index contributed by atoms with van der Waals surface area (Å²) < 4.78 is 16.8. The predicted octanol–water partition coefficient (Wildman–Crippen LogP) is 16.9. The molecule has 0 N–H and O–H groups in total. The van der Waals surface area contributed by atoms with Gasteiger partial charge >= 0.3 is 17.9 Å². The van der Waals surface area contributed by atoms with E-state index in [2.05, 4.69) is 34.6 Å². The van der Waals surface area contributed by atoms with E-state index in [1.54, 1.807) is 0 Å². The largest absolute Gasteiger partial charge is 0.462 e. The summed E-state index contributed by atoms with van der Waals surface area (Å²) in [5.41, 5.74) is 0. The first-order valence-electron chi connectivity index (χ1n) is 26.2. The molecule has 6 nitrogen and oxygen atoms in total. The summed E-state index contributed by atoms with van der Waals surface area (Å²) in [4.78, 5) is 37.9. The molecule has 0 rings (SSSR count). The van der Waals surface area contributed by atoms with Gasteiger partial charge in [-0.05, 0) is 31.1 Å². The second kappa shape index (κ2) is 45.9. The standard InChI is InChI=1S/C53H102O6/c1-6-7-8-9-10-11-12-20-23-28-33-38-43-51(54)57-46-50(59-53(56)45-40-35-30-25-27-32-37-42-49(4)5)47-58-52(55)44-39-34-29-24-21-18-16-14-13-15-17-19-22-26-31-36-41-48(2)3/h48-50H,6-47H2,1-5H3/t50-/m1/s1. The number of hydrogen-bond donors (Lipinski definition) is 0. The van der Waals surface area contributed by atoms with Gasteiger partial charge in [0.05, 0.1) is 0 Å². The van der Waals surface area contributed by atoms with E-state index in [0.717, 1.165) is 69.6 Å². The molecule has 6 heteroatoms. The van der Waals surface area contributed by atoms with Crippen LogP contribution in [0.25, 0.3) is 0 Å². The maximum atomic E-state index is 12.7. The van der Waals surface area contributed by atoms with Crippen LogP contribution in [0, 0.1) is 11.8 Å². The lowest BCUT2D eigenvalue weighted by molar-refractivity contribution is -0.167. The van der Waals surface area contributed by atoms with Crippen LogP contribution in [0.4, 0.5) is 0 Å². The van der Waals surface area contributed by atoms with Crippen molar-refractivity contribution < 1.29 is 28.6 Å². The number of carbonyl (C=O) groups excluding carboxylic acids is 3. The highest BCUT2D eigenvalue weighted by Crippen LogP contribution is 2.17. The van der Waals surface area contributed by atoms with Crippen molar-refractivity contribution >= 4 is 17.9 Å². The van der Waals surface area contributed by atoms with Crippen molar-refractivity contribution in [2.75, 3.05) is 13.2 Å². The molecule has 0 unspecified atom stereocenters. The normalized spacial score (nSPS) is 12.1. The first kappa shape index (κ1) is 57.4. The Bertz CT molecular complexity index is 900. The van der Waals surface area contributed by atoms with Gasteiger partial charge in [-0.2, -0.15) is 0 Å². The molecule has 350 valence electrons. The van der Waals surface area contributed by atoms with E-state index < -0.39 is 6.10 Å². The molecule has 0 heterocycles. The average Bonchev–Trinajstić information content (AvgIpc) is 3.20. The number of ether oxygens (including phenoxy) is 3. The molecule has 0 aliphatic carbocycles. The second-order valence-electron chi connectivity index (χ2n) is 19.1. The topological polar surface area (TPSA) is 78.9 Å². The molecule has 0 saturated carbocycles. The summed E-state index contributed by atoms with van der Waals surface area (Å²) in [6.45, 7) is 11.3. The van der Waals surface area contributed by atoms with Crippen LogP contribution in [0.2, 0.25) is 0 Å². The number of esters is 3. The van der Waals surface area contributed by atoms with E-state index in [-0.39, 0.29) is 31.1 Å². The van der Waals surface area contributed by atoms with Crippen molar-refractivity contribution in [3.63, 3.8) is 0 Å². The predicted molar refractivity (Wildman–Crippen MR) is 252 cm³/mol. The van der Waals surface area contributed by atoms with Crippen molar-refractivity contribution in [2.24, 2.45) is 11.8 Å². The highest BCUT2D eigenvalue weighted by atomic mass is 16.6. The second-order valence-corrected chi connectivity index (χ2v) is 19.1. The molecule has 0 aromatic carbocycles. The van der Waals surface area contributed by atoms with E-state index in [1.165, 1.54) is 180 Å². The molecule has 0 aromatic heterocycles. The van der Waals surface area contributed by atoms with Crippen LogP contribution in [0.1, 0.15) is 291 Å². The van der Waals surface area contributed by atoms with E-state index in [9.17, 15) is 14.4 Å². The quantitative estimate of drug-likeness (QED) is 0.0345. The molecule has 0 saturated heterocycles. The molecule has 0 spiro atoms. The molecule has 0 fully saturated rings. The van der Waals surface area contributed by atoms with E-state index in [1.807, 2.05) is 0 Å². The first-order chi connectivity index (χ1) is 28.7. The minimum absolute atomic E-state index is 0.0642. The Morgan fingerprint density at radius 2 is 0.559 bits per heavy atom. The van der Waals surface area contributed by atoms with Gasteiger partial charge in [0.1, 0.15) is 13.2 Å². The van der Waals surface area contributed by atoms with Crippen LogP contribution >= 0.6 is 0 Å². The molecule has 0 amide bonds. The molecular weight excluding hydrogens is 733 g/mol. The average molecular weight is 835 g/mol. The van der Waals surface area contributed by atoms with Crippen LogP contribution in [0.5, 0.6) is 0 Å². The monoisotopic (exact) mass is 835 g/mol. The summed E-state index contributed by atoms with van der Waals surface area (Å²) in [6.07, 6.45) is 46.7. The Balaban J connectivity index is 4.22. The fraction of sp³-hybridized carbons (Fsp3) is 0.943. The Morgan fingerprint density at radius 3 is 0.831 bits per heavy atom. The summed E-state index contributed by atoms with van der Waals surface area (Å²) >= 11 is 0. The summed E-state index contributed by atoms with van der Waals surface area (Å²) in [5.74, 6) is 0.780. The molecule has 0 aliphatic rings. The molecule has 0 aromatic rings. The van der Waals surface area contributed by atoms with E-state index in [4.69, 9.17) is 14.2 Å². The lowest BCUT2D eigenvalue weighted by Gasteiger charge is -2.18. The minimum atomic E-state index is -0.761. The SMILES string of the molecule is CCCCCCCCCCCCCCC(=O)OC[C@H](COC(=O)CCCCCCCCCCCCCCCCCCC(C)C)OC(=O)CCCCCCCCCC(C)C. The van der Waals surface area contributed by atoms with Gasteiger partial charge in [0, 0.05) is 19.3 Å². The third-order valence-corrected chi connectivity index (χ3v) is 12.0. The zero-order valence-corrected chi connectivity index (χ0v) is 40.4. The highest BCUT2D eigenvalue weighted by molar-refractivity contribution is 5.71. The van der Waals surface area contributed by atoms with Gasteiger partial charge in [-0.15, -0.1) is 0 Å². The van der Waals surface area contributed by atoms with E-state index >= 15 is 0 Å². The van der Waals surface area contributed by atoms with Gasteiger partial charge in [0.15, 0.2) is 6.10 Å². The Kier molecular flexibility index (Phi) is 44.7. The highest BCUT2D eigenvalue weighted by Gasteiger charge is 2.19. The third-order valence-electron chi connectivity index (χ3n) is 12.0. The minimum Gasteiger partial charge on any atom is -0.462 e. The molecule has 59 heavy (non-hydrogen) atoms. The molecular formula is C53H102O6. The van der Waals surface area contributed by atoms with Gasteiger partial charge in [-0.3, -0.25) is 14.4 Å². The summed E-state index contributed by atoms with van der Waals surface area (Å²) in [7, 11) is 0. The molecule has 0 aliphatic heterocycles. The summed E-state index contributed by atoms with van der Waals surface area (Å²) in [5, 5.41) is 0. The number of rotatable bonds is 47. The van der Waals surface area contributed by atoms with E-state index in [0.29, 0.717) is 19.3 Å². The van der Waals surface area contributed by atoms with Crippen LogP contribution in [-0.2, 0) is 28.6 Å². The third kappa shape index (κ3) is 47.3. The Labute approximate surface area is 368 Å². The lowest BCUT2D eigenvalue weighted by Crippen LogP contribution is -2.30. The lowest BCUT2D eigenvalue weighted by atomic mass is 10.0. The fourth-order valence-electron chi connectivity index (χ4n) is 7.99. The maximum absolute atomic E-state index is 12.7. The van der Waals surface area contributed by atoms with Crippen molar-refractivity contribution in [3.05, 3.63) is 0 Å². The number of carbonyl (C=O) groups is 3. The first-order valence-corrected chi connectivity index (χ1v) is 26.2. The van der Waals surface area contributed by atoms with Crippen LogP contribution in [0.15, 0.2) is 0 Å². The maximum Gasteiger partial charge on any atom is 0.306 e. The van der Waals surface area contributed by atoms with Gasteiger partial charge in [-0.25, -0.2) is 0 Å². The zero-order chi connectivity index (χ0) is 43.3. The van der Waals surface area contributed by atoms with Crippen LogP contribution in [0.3, 0.4) is 0 Å². The van der Waals surface area contributed by atoms with Crippen molar-refractivity contribution in [3.8, 4) is 0 Å². The summed E-state index contributed by atoms with van der Waals surface area (Å²) in [6, 6.07) is 0. The van der Waals surface area contributed by atoms with Crippen molar-refractivity contribution in [1.29, 1.82) is 0 Å². The zero-order valence-electron chi connectivity index (χ0n) is 40.4. The Morgan fingerprint density at radius 1 is 0.322 bits per heavy atom. The smallest absolute Gasteiger partial charge is 0.306 e. The van der Waals surface area contributed by atoms with Crippen molar-refractivity contribution in [1.82, 2.24) is 0 Å². The molecule has 0 bridgehead atoms. The molecule has 0 radical (unpaired) electrons. The van der Waals surface area contributed by atoms with Gasteiger partial charge in [0.25, 0.3) is 0 Å². The van der Waals surface area contributed by atoms with Crippen LogP contribution in [-0.4, -0.2) is 37.2 Å². The van der Waals surface area contributed by atoms with Gasteiger partial charge in [-0.1, -0.05) is 253 Å². The van der Waals surface area contributed by atoms with Gasteiger partial charge in [0.2, 0.25) is 0 Å².